The van der Waals surface area contributed by atoms with Crippen LogP contribution in [0.25, 0.3) is 22.0 Å². The van der Waals surface area contributed by atoms with Gasteiger partial charge in [-0.05, 0) is 91.2 Å². The van der Waals surface area contributed by atoms with Gasteiger partial charge in [-0.2, -0.15) is 0 Å². The number of nitrogens with one attached hydrogen (secondary N) is 4. The number of likely N-dealkylation sites (tertiary alicyclic amines) is 1. The molecular formula is C53H70N6O7Si. The monoisotopic (exact) mass is 931 g/mol. The average Bonchev–Trinajstić information content (AvgIpc) is 3.29. The van der Waals surface area contributed by atoms with Crippen LogP contribution in [0.5, 0.6) is 5.75 Å². The van der Waals surface area contributed by atoms with Crippen molar-refractivity contribution < 1.29 is 28.7 Å². The molecule has 5 N–H and O–H groups in total. The van der Waals surface area contributed by atoms with E-state index in [4.69, 9.17) is 9.16 Å². The molecule has 2 unspecified atom stereocenters. The lowest BCUT2D eigenvalue weighted by Gasteiger charge is -2.40. The molecule has 1 aromatic heterocycles. The third kappa shape index (κ3) is 14.6. The van der Waals surface area contributed by atoms with Crippen molar-refractivity contribution in [3.05, 3.63) is 130 Å². The van der Waals surface area contributed by atoms with E-state index >= 15 is 0 Å². The molecule has 2 atom stereocenters. The van der Waals surface area contributed by atoms with Crippen LogP contribution in [-0.2, 0) is 31.6 Å². The molecule has 3 amide bonds. The molecule has 0 aliphatic carbocycles. The van der Waals surface area contributed by atoms with Crippen LogP contribution in [0.2, 0.25) is 18.1 Å². The van der Waals surface area contributed by atoms with Crippen molar-refractivity contribution in [2.75, 3.05) is 51.6 Å². The molecule has 1 fully saturated rings. The second kappa shape index (κ2) is 23.3. The fourth-order valence-corrected chi connectivity index (χ4v) is 9.53. The number of hydrogen-bond acceptors (Lipinski definition) is 9. The molecule has 1 saturated heterocycles. The van der Waals surface area contributed by atoms with Crippen molar-refractivity contribution in [1.82, 2.24) is 25.4 Å². The van der Waals surface area contributed by atoms with Crippen LogP contribution in [0.3, 0.4) is 0 Å². The van der Waals surface area contributed by atoms with Crippen LogP contribution in [0.15, 0.2) is 108 Å². The summed E-state index contributed by atoms with van der Waals surface area (Å²) in [5.74, 6) is 0.0195. The Morgan fingerprint density at radius 1 is 0.925 bits per heavy atom. The zero-order chi connectivity index (χ0) is 48.1. The Balaban J connectivity index is 0.882. The lowest BCUT2D eigenvalue weighted by Crippen LogP contribution is -2.44. The minimum absolute atomic E-state index is 0.0204. The van der Waals surface area contributed by atoms with Crippen molar-refractivity contribution in [2.24, 2.45) is 0 Å². The molecule has 67 heavy (non-hydrogen) atoms. The molecule has 5 aromatic rings. The summed E-state index contributed by atoms with van der Waals surface area (Å²) in [7, 11) is -0.423. The van der Waals surface area contributed by atoms with E-state index in [1.54, 1.807) is 24.1 Å². The summed E-state index contributed by atoms with van der Waals surface area (Å²) in [6, 6.07) is 32.5. The first-order chi connectivity index (χ1) is 32.0. The second-order valence-electron chi connectivity index (χ2n) is 19.4. The van der Waals surface area contributed by atoms with Gasteiger partial charge < -0.3 is 39.7 Å². The summed E-state index contributed by atoms with van der Waals surface area (Å²) in [5, 5.41) is 20.9. The fraction of sp³-hybridized carbons (Fsp3) is 0.434. The number of hydrogen-bond donors (Lipinski definition) is 5. The standard InChI is InChI=1S/C53H70N6O7Si/c1-37(55-36-47(66-67(6,7)53(2,3)4)43-21-23-46(60)51-44(43)22-24-48(61)57-51)33-38-15-13-16-39(34-38)35-49(62)54-28-14-29-58(5)50(63)27-32-59-30-25-41(26-31-59)65-52(64)56-45-20-12-11-19-42(45)40-17-9-8-10-18-40/h8-13,15-24,34,37,41,47,55,60H,14,25-33,35-36H2,1-7H3,(H,54,62)(H,56,64)(H,57,61). The Bertz CT molecular complexity index is 2500. The van der Waals surface area contributed by atoms with Crippen LogP contribution in [0.1, 0.15) is 76.2 Å². The van der Waals surface area contributed by atoms with E-state index in [1.165, 1.54) is 6.07 Å². The predicted octanol–water partition coefficient (Wildman–Crippen LogP) is 8.79. The number of nitrogens with zero attached hydrogens (tertiary/aromatic N) is 2. The van der Waals surface area contributed by atoms with Gasteiger partial charge in [0.15, 0.2) is 8.32 Å². The maximum Gasteiger partial charge on any atom is 0.411 e. The number of para-hydroxylation sites is 1. The number of anilines is 1. The third-order valence-corrected chi connectivity index (χ3v) is 17.6. The first-order valence-electron chi connectivity index (χ1n) is 23.6. The lowest BCUT2D eigenvalue weighted by atomic mass is 10.0. The molecule has 0 saturated carbocycles. The Kier molecular flexibility index (Phi) is 17.6. The van der Waals surface area contributed by atoms with Crippen molar-refractivity contribution >= 4 is 42.8 Å². The van der Waals surface area contributed by atoms with Crippen molar-refractivity contribution in [3.63, 3.8) is 0 Å². The molecule has 358 valence electrons. The van der Waals surface area contributed by atoms with Crippen LogP contribution >= 0.6 is 0 Å². The van der Waals surface area contributed by atoms with Gasteiger partial charge in [0.25, 0.3) is 0 Å². The first-order valence-corrected chi connectivity index (χ1v) is 26.6. The van der Waals surface area contributed by atoms with Crippen LogP contribution in [0, 0.1) is 0 Å². The Morgan fingerprint density at radius 3 is 2.39 bits per heavy atom. The molecule has 13 nitrogen and oxygen atoms in total. The van der Waals surface area contributed by atoms with E-state index < -0.39 is 14.4 Å². The molecule has 2 heterocycles. The molecule has 0 radical (unpaired) electrons. The van der Waals surface area contributed by atoms with E-state index in [1.807, 2.05) is 72.8 Å². The Morgan fingerprint density at radius 2 is 1.64 bits per heavy atom. The summed E-state index contributed by atoms with van der Waals surface area (Å²) in [5.41, 5.74) is 5.73. The number of benzene rings is 4. The molecule has 1 aliphatic rings. The predicted molar refractivity (Wildman–Crippen MR) is 270 cm³/mol. The van der Waals surface area contributed by atoms with Crippen molar-refractivity contribution in [2.45, 2.75) is 103 Å². The summed E-state index contributed by atoms with van der Waals surface area (Å²) >= 11 is 0. The highest BCUT2D eigenvalue weighted by Gasteiger charge is 2.40. The Labute approximate surface area is 396 Å². The number of carbonyl (C=O) groups excluding carboxylic acids is 3. The van der Waals surface area contributed by atoms with Gasteiger partial charge in [0.05, 0.1) is 23.7 Å². The first kappa shape index (κ1) is 50.6. The maximum absolute atomic E-state index is 13.0. The van der Waals surface area contributed by atoms with Gasteiger partial charge >= 0.3 is 6.09 Å². The van der Waals surface area contributed by atoms with Crippen molar-refractivity contribution in [1.29, 1.82) is 0 Å². The Hall–Kier alpha value is -5.80. The van der Waals surface area contributed by atoms with E-state index in [0.717, 1.165) is 52.7 Å². The zero-order valence-electron chi connectivity index (χ0n) is 40.3. The van der Waals surface area contributed by atoms with E-state index in [2.05, 4.69) is 78.8 Å². The highest BCUT2D eigenvalue weighted by atomic mass is 28.4. The van der Waals surface area contributed by atoms with Gasteiger partial charge in [-0.25, -0.2) is 4.79 Å². The number of fused-ring (bicyclic) bond motifs is 1. The van der Waals surface area contributed by atoms with Gasteiger partial charge in [-0.3, -0.25) is 19.7 Å². The highest BCUT2D eigenvalue weighted by molar-refractivity contribution is 6.74. The SMILES string of the molecule is CC(Cc1cccc(CC(=O)NCCCN(C)C(=O)CCN2CCC(OC(=O)Nc3ccccc3-c3ccccc3)CC2)c1)NCC(O[Si](C)(C)C(C)(C)C)c1ccc(O)c2[nH]c(=O)ccc12. The van der Waals surface area contributed by atoms with Gasteiger partial charge in [-0.15, -0.1) is 0 Å². The average molecular weight is 931 g/mol. The van der Waals surface area contributed by atoms with E-state index in [-0.39, 0.29) is 52.8 Å². The maximum atomic E-state index is 13.0. The van der Waals surface area contributed by atoms with Crippen LogP contribution in [0.4, 0.5) is 10.5 Å². The van der Waals surface area contributed by atoms with E-state index in [0.29, 0.717) is 63.1 Å². The van der Waals surface area contributed by atoms with Gasteiger partial charge in [0.1, 0.15) is 11.9 Å². The minimum Gasteiger partial charge on any atom is -0.506 e. The molecule has 0 bridgehead atoms. The van der Waals surface area contributed by atoms with Gasteiger partial charge in [0, 0.05) is 75.8 Å². The number of rotatable bonds is 20. The fourth-order valence-electron chi connectivity index (χ4n) is 8.25. The number of H-pyrrole nitrogens is 1. The molecule has 14 heteroatoms. The number of aromatic amines is 1. The summed E-state index contributed by atoms with van der Waals surface area (Å²) in [6.45, 7) is 16.9. The number of aromatic hydroxyl groups is 1. The molecular weight excluding hydrogens is 861 g/mol. The third-order valence-electron chi connectivity index (χ3n) is 13.2. The molecule has 0 spiro atoms. The number of pyridine rings is 1. The summed E-state index contributed by atoms with van der Waals surface area (Å²) in [4.78, 5) is 57.7. The van der Waals surface area contributed by atoms with E-state index in [9.17, 15) is 24.3 Å². The van der Waals surface area contributed by atoms with Gasteiger partial charge in [-0.1, -0.05) is 99.6 Å². The molecule has 1 aliphatic heterocycles. The number of amides is 3. The summed E-state index contributed by atoms with van der Waals surface area (Å²) < 4.78 is 12.8. The number of phenolic OH excluding ortho intramolecular Hbond substituents is 1. The minimum atomic E-state index is -2.23. The number of phenols is 1. The van der Waals surface area contributed by atoms with Gasteiger partial charge in [0.2, 0.25) is 17.4 Å². The summed E-state index contributed by atoms with van der Waals surface area (Å²) in [6.07, 6.45) is 2.50. The normalized spacial score (nSPS) is 14.6. The number of aromatic nitrogens is 1. The van der Waals surface area contributed by atoms with Crippen molar-refractivity contribution in [3.8, 4) is 16.9 Å². The quantitative estimate of drug-likeness (QED) is 0.0379. The number of piperidine rings is 1. The zero-order valence-corrected chi connectivity index (χ0v) is 41.3. The molecule has 4 aromatic carbocycles. The molecule has 6 rings (SSSR count). The largest absolute Gasteiger partial charge is 0.506 e. The number of ether oxygens (including phenoxy) is 1. The number of carbonyl (C=O) groups is 3. The topological polar surface area (TPSA) is 165 Å². The highest BCUT2D eigenvalue weighted by Crippen LogP contribution is 2.41. The smallest absolute Gasteiger partial charge is 0.411 e. The second-order valence-corrected chi connectivity index (χ2v) is 24.2. The lowest BCUT2D eigenvalue weighted by molar-refractivity contribution is -0.130. The van der Waals surface area contributed by atoms with Crippen LogP contribution in [-0.4, -0.2) is 105 Å². The van der Waals surface area contributed by atoms with Crippen LogP contribution < -0.4 is 21.5 Å².